The second-order valence-electron chi connectivity index (χ2n) is 6.37. The van der Waals surface area contributed by atoms with Crippen LogP contribution in [0.15, 0.2) is 48.8 Å². The van der Waals surface area contributed by atoms with Crippen LogP contribution >= 0.6 is 0 Å². The van der Waals surface area contributed by atoms with Gasteiger partial charge in [0.15, 0.2) is 5.82 Å². The molecule has 0 aliphatic carbocycles. The molecule has 3 aromatic rings. The van der Waals surface area contributed by atoms with Gasteiger partial charge in [-0.3, -0.25) is 29.8 Å². The number of carbonyl (C=O) groups is 2. The van der Waals surface area contributed by atoms with E-state index in [-0.39, 0.29) is 22.7 Å². The van der Waals surface area contributed by atoms with Gasteiger partial charge in [0.05, 0.1) is 21.5 Å². The average Bonchev–Trinajstić information content (AvgIpc) is 3.13. The van der Waals surface area contributed by atoms with Gasteiger partial charge >= 0.3 is 0 Å². The third-order valence-corrected chi connectivity index (χ3v) is 4.45. The van der Waals surface area contributed by atoms with Gasteiger partial charge in [-0.15, -0.1) is 0 Å². The lowest BCUT2D eigenvalue weighted by molar-refractivity contribution is -0.394. The molecule has 11 heteroatoms. The fourth-order valence-electron chi connectivity index (χ4n) is 2.83. The van der Waals surface area contributed by atoms with E-state index in [4.69, 9.17) is 0 Å². The van der Waals surface area contributed by atoms with Crippen molar-refractivity contribution in [2.75, 3.05) is 5.32 Å². The van der Waals surface area contributed by atoms with Crippen LogP contribution in [0.5, 0.6) is 0 Å². The number of carbonyl (C=O) groups excluding carboxylic acids is 2. The third-order valence-electron chi connectivity index (χ3n) is 4.45. The van der Waals surface area contributed by atoms with E-state index < -0.39 is 27.1 Å². The Labute approximate surface area is 169 Å². The van der Waals surface area contributed by atoms with Gasteiger partial charge in [-0.2, -0.15) is 0 Å². The Kier molecular flexibility index (Phi) is 5.36. The number of hydrogen-bond donors (Lipinski definition) is 1. The fourth-order valence-corrected chi connectivity index (χ4v) is 2.83. The van der Waals surface area contributed by atoms with Crippen molar-refractivity contribution < 1.29 is 19.4 Å². The Morgan fingerprint density at radius 2 is 1.73 bits per heavy atom. The zero-order chi connectivity index (χ0) is 22.0. The first kappa shape index (κ1) is 20.3. The topological polar surface area (TPSA) is 150 Å². The minimum absolute atomic E-state index is 0.00433. The summed E-state index contributed by atoms with van der Waals surface area (Å²) in [6, 6.07) is 7.75. The summed E-state index contributed by atoms with van der Waals surface area (Å²) in [6.07, 6.45) is 3.14. The molecule has 2 aromatic carbocycles. The number of hydrogen-bond acceptors (Lipinski definition) is 7. The number of imidazole rings is 1. The van der Waals surface area contributed by atoms with Crippen molar-refractivity contribution in [2.24, 2.45) is 7.05 Å². The molecule has 0 spiro atoms. The molecule has 0 fully saturated rings. The molecule has 1 amide bonds. The van der Waals surface area contributed by atoms with Crippen LogP contribution in [-0.4, -0.2) is 31.1 Å². The minimum atomic E-state index is -0.804. The summed E-state index contributed by atoms with van der Waals surface area (Å²) >= 11 is 0. The number of aromatic nitrogens is 2. The highest BCUT2D eigenvalue weighted by Gasteiger charge is 2.25. The molecule has 0 aliphatic rings. The molecular formula is C19H15N5O6. The lowest BCUT2D eigenvalue weighted by atomic mass is 10.0. The normalized spacial score (nSPS) is 10.5. The van der Waals surface area contributed by atoms with Crippen molar-refractivity contribution in [2.45, 2.75) is 6.92 Å². The van der Waals surface area contributed by atoms with Gasteiger partial charge in [0.2, 0.25) is 5.78 Å². The number of amides is 1. The highest BCUT2D eigenvalue weighted by molar-refractivity contribution is 6.08. The smallest absolute Gasteiger partial charge is 0.279 e. The maximum absolute atomic E-state index is 12.6. The van der Waals surface area contributed by atoms with Crippen LogP contribution < -0.4 is 5.32 Å². The lowest BCUT2D eigenvalue weighted by Gasteiger charge is -2.09. The number of rotatable bonds is 6. The number of nitrogens with zero attached hydrogens (tertiary/aromatic N) is 4. The molecule has 1 aromatic heterocycles. The molecule has 0 saturated carbocycles. The number of nitro groups is 2. The number of nitro benzene ring substituents is 2. The first-order valence-electron chi connectivity index (χ1n) is 8.56. The molecule has 1 N–H and O–H groups in total. The summed E-state index contributed by atoms with van der Waals surface area (Å²) in [7, 11) is 1.69. The standard InChI is InChI=1S/C19H15N5O6/c1-11-15(9-14(23(27)28)10-16(11)24(29)30)19(26)21-13-5-3-12(4-6-13)17(25)18-20-7-8-22(18)2/h3-10H,1-2H3,(H,21,26). The maximum Gasteiger partial charge on any atom is 0.279 e. The monoisotopic (exact) mass is 409 g/mol. The number of ketones is 1. The second-order valence-corrected chi connectivity index (χ2v) is 6.37. The van der Waals surface area contributed by atoms with Crippen molar-refractivity contribution in [3.8, 4) is 0 Å². The van der Waals surface area contributed by atoms with Gasteiger partial charge in [0, 0.05) is 42.3 Å². The van der Waals surface area contributed by atoms with Gasteiger partial charge in [0.25, 0.3) is 17.3 Å². The highest BCUT2D eigenvalue weighted by atomic mass is 16.6. The Morgan fingerprint density at radius 3 is 2.27 bits per heavy atom. The van der Waals surface area contributed by atoms with Gasteiger partial charge < -0.3 is 9.88 Å². The summed E-state index contributed by atoms with van der Waals surface area (Å²) in [6.45, 7) is 1.34. The van der Waals surface area contributed by atoms with Crippen molar-refractivity contribution >= 4 is 28.8 Å². The quantitative estimate of drug-likeness (QED) is 0.373. The molecule has 30 heavy (non-hydrogen) atoms. The van der Waals surface area contributed by atoms with Crippen molar-refractivity contribution in [1.82, 2.24) is 9.55 Å². The summed E-state index contributed by atoms with van der Waals surface area (Å²) in [5.41, 5.74) is -0.609. The lowest BCUT2D eigenvalue weighted by Crippen LogP contribution is -2.15. The SMILES string of the molecule is Cc1c(C(=O)Nc2ccc(C(=O)c3nccn3C)cc2)cc([N+](=O)[O-])cc1[N+](=O)[O-]. The van der Waals surface area contributed by atoms with Gasteiger partial charge in [0.1, 0.15) is 0 Å². The van der Waals surface area contributed by atoms with Crippen LogP contribution in [0.25, 0.3) is 0 Å². The van der Waals surface area contributed by atoms with Crippen LogP contribution in [0.4, 0.5) is 17.1 Å². The molecule has 3 rings (SSSR count). The number of aryl methyl sites for hydroxylation is 1. The van der Waals surface area contributed by atoms with E-state index in [0.717, 1.165) is 12.1 Å². The van der Waals surface area contributed by atoms with Crippen molar-refractivity contribution in [3.63, 3.8) is 0 Å². The average molecular weight is 409 g/mol. The predicted molar refractivity (Wildman–Crippen MR) is 106 cm³/mol. The minimum Gasteiger partial charge on any atom is -0.331 e. The molecule has 0 saturated heterocycles. The number of benzene rings is 2. The molecule has 152 valence electrons. The Hall–Kier alpha value is -4.41. The third kappa shape index (κ3) is 3.90. The predicted octanol–water partition coefficient (Wildman–Crippen LogP) is 3.03. The van der Waals surface area contributed by atoms with Crippen molar-refractivity contribution in [3.05, 3.63) is 91.5 Å². The van der Waals surface area contributed by atoms with E-state index in [1.165, 1.54) is 37.4 Å². The van der Waals surface area contributed by atoms with Gasteiger partial charge in [-0.05, 0) is 31.2 Å². The van der Waals surface area contributed by atoms with Crippen LogP contribution in [0.3, 0.4) is 0 Å². The molecular weight excluding hydrogens is 394 g/mol. The van der Waals surface area contributed by atoms with Crippen molar-refractivity contribution in [1.29, 1.82) is 0 Å². The Bertz CT molecular complexity index is 1180. The van der Waals surface area contributed by atoms with E-state index in [1.54, 1.807) is 17.8 Å². The van der Waals surface area contributed by atoms with Crippen LogP contribution in [0.2, 0.25) is 0 Å². The molecule has 0 unspecified atom stereocenters. The summed E-state index contributed by atoms with van der Waals surface area (Å²) < 4.78 is 1.58. The van der Waals surface area contributed by atoms with Crippen LogP contribution in [0, 0.1) is 27.2 Å². The second kappa shape index (κ2) is 7.91. The van der Waals surface area contributed by atoms with Crippen LogP contribution in [0.1, 0.15) is 32.1 Å². The number of anilines is 1. The van der Waals surface area contributed by atoms with E-state index >= 15 is 0 Å². The Balaban J connectivity index is 1.86. The highest BCUT2D eigenvalue weighted by Crippen LogP contribution is 2.28. The fraction of sp³-hybridized carbons (Fsp3) is 0.105. The van der Waals surface area contributed by atoms with Crippen LogP contribution in [-0.2, 0) is 7.05 Å². The molecule has 0 aliphatic heterocycles. The largest absolute Gasteiger partial charge is 0.331 e. The molecule has 1 heterocycles. The first-order valence-corrected chi connectivity index (χ1v) is 8.56. The molecule has 0 atom stereocenters. The summed E-state index contributed by atoms with van der Waals surface area (Å²) in [4.78, 5) is 49.7. The summed E-state index contributed by atoms with van der Waals surface area (Å²) in [5.74, 6) is -0.792. The number of non-ortho nitro benzene ring substituents is 1. The van der Waals surface area contributed by atoms with E-state index in [2.05, 4.69) is 10.3 Å². The molecule has 0 bridgehead atoms. The van der Waals surface area contributed by atoms with E-state index in [9.17, 15) is 29.8 Å². The van der Waals surface area contributed by atoms with E-state index in [1.807, 2.05) is 0 Å². The molecule has 11 nitrogen and oxygen atoms in total. The maximum atomic E-state index is 12.6. The van der Waals surface area contributed by atoms with Gasteiger partial charge in [-0.25, -0.2) is 4.98 Å². The zero-order valence-corrected chi connectivity index (χ0v) is 15.9. The zero-order valence-electron chi connectivity index (χ0n) is 15.9. The van der Waals surface area contributed by atoms with Gasteiger partial charge in [-0.1, -0.05) is 0 Å². The first-order chi connectivity index (χ1) is 14.2. The molecule has 0 radical (unpaired) electrons. The summed E-state index contributed by atoms with van der Waals surface area (Å²) in [5, 5.41) is 24.7. The Morgan fingerprint density at radius 1 is 1.07 bits per heavy atom. The van der Waals surface area contributed by atoms with E-state index in [0.29, 0.717) is 11.3 Å². The number of nitrogens with one attached hydrogen (secondary N) is 1.